The predicted octanol–water partition coefficient (Wildman–Crippen LogP) is 4.65. The van der Waals surface area contributed by atoms with Gasteiger partial charge in [0.1, 0.15) is 9.98 Å². The molecule has 2 aromatic heterocycles. The molecular weight excluding hydrogens is 278 g/mol. The normalized spacial score (nSPS) is 16.3. The predicted molar refractivity (Wildman–Crippen MR) is 82.3 cm³/mol. The lowest BCUT2D eigenvalue weighted by molar-refractivity contribution is 0.745. The zero-order valence-electron chi connectivity index (χ0n) is 11.1. The SMILES string of the molecule is CCCc1cc2c(Cl)nc(NC3CCCC3)nc2s1. The van der Waals surface area contributed by atoms with Crippen LogP contribution >= 0.6 is 22.9 Å². The highest BCUT2D eigenvalue weighted by molar-refractivity contribution is 7.18. The molecule has 1 aliphatic rings. The summed E-state index contributed by atoms with van der Waals surface area (Å²) in [6, 6.07) is 2.65. The number of halogens is 1. The molecule has 2 heterocycles. The van der Waals surface area contributed by atoms with Gasteiger partial charge >= 0.3 is 0 Å². The molecule has 3 nitrogen and oxygen atoms in total. The standard InChI is InChI=1S/C14H18ClN3S/c1-2-5-10-8-11-12(15)17-14(18-13(11)19-10)16-9-6-3-4-7-9/h8-9H,2-7H2,1H3,(H,16,17,18). The van der Waals surface area contributed by atoms with Crippen molar-refractivity contribution >= 4 is 39.1 Å². The Morgan fingerprint density at radius 3 is 2.89 bits per heavy atom. The van der Waals surface area contributed by atoms with Gasteiger partial charge < -0.3 is 5.32 Å². The van der Waals surface area contributed by atoms with E-state index in [1.165, 1.54) is 30.6 Å². The van der Waals surface area contributed by atoms with Crippen LogP contribution in [0.3, 0.4) is 0 Å². The van der Waals surface area contributed by atoms with Crippen LogP contribution in [0, 0.1) is 0 Å². The van der Waals surface area contributed by atoms with Crippen LogP contribution in [0.2, 0.25) is 5.15 Å². The molecule has 0 saturated heterocycles. The molecule has 0 unspecified atom stereocenters. The van der Waals surface area contributed by atoms with E-state index in [1.54, 1.807) is 11.3 Å². The molecule has 3 rings (SSSR count). The fourth-order valence-corrected chi connectivity index (χ4v) is 4.03. The Bertz CT molecular complexity index is 575. The van der Waals surface area contributed by atoms with Crippen LogP contribution in [0.15, 0.2) is 6.07 Å². The van der Waals surface area contributed by atoms with Crippen LogP contribution in [-0.4, -0.2) is 16.0 Å². The Labute approximate surface area is 122 Å². The van der Waals surface area contributed by atoms with Crippen LogP contribution in [0.5, 0.6) is 0 Å². The van der Waals surface area contributed by atoms with Gasteiger partial charge in [0.2, 0.25) is 5.95 Å². The summed E-state index contributed by atoms with van der Waals surface area (Å²) in [4.78, 5) is 11.3. The Balaban J connectivity index is 1.89. The van der Waals surface area contributed by atoms with Crippen molar-refractivity contribution in [3.8, 4) is 0 Å². The first-order valence-corrected chi connectivity index (χ1v) is 8.18. The molecule has 1 N–H and O–H groups in total. The van der Waals surface area contributed by atoms with Crippen LogP contribution in [0.25, 0.3) is 10.2 Å². The van der Waals surface area contributed by atoms with Crippen molar-refractivity contribution in [2.75, 3.05) is 5.32 Å². The number of fused-ring (bicyclic) bond motifs is 1. The summed E-state index contributed by atoms with van der Waals surface area (Å²) in [5, 5.41) is 4.98. The first-order chi connectivity index (χ1) is 9.26. The van der Waals surface area contributed by atoms with E-state index in [9.17, 15) is 0 Å². The number of nitrogens with zero attached hydrogens (tertiary/aromatic N) is 2. The topological polar surface area (TPSA) is 37.8 Å². The maximum Gasteiger partial charge on any atom is 0.225 e. The Kier molecular flexibility index (Phi) is 3.89. The lowest BCUT2D eigenvalue weighted by atomic mass is 10.2. The fourth-order valence-electron chi connectivity index (χ4n) is 2.62. The van der Waals surface area contributed by atoms with Crippen molar-refractivity contribution in [3.05, 3.63) is 16.1 Å². The molecule has 0 amide bonds. The summed E-state index contributed by atoms with van der Waals surface area (Å²) in [7, 11) is 0. The smallest absolute Gasteiger partial charge is 0.225 e. The minimum Gasteiger partial charge on any atom is -0.351 e. The van der Waals surface area contributed by atoms with Gasteiger partial charge in [-0.2, -0.15) is 0 Å². The molecule has 102 valence electrons. The van der Waals surface area contributed by atoms with Gasteiger partial charge in [0.05, 0.1) is 0 Å². The molecule has 19 heavy (non-hydrogen) atoms. The largest absolute Gasteiger partial charge is 0.351 e. The van der Waals surface area contributed by atoms with E-state index in [0.717, 1.165) is 23.1 Å². The minimum atomic E-state index is 0.517. The summed E-state index contributed by atoms with van der Waals surface area (Å²) < 4.78 is 0. The van der Waals surface area contributed by atoms with Crippen molar-refractivity contribution in [2.45, 2.75) is 51.5 Å². The van der Waals surface area contributed by atoms with Crippen molar-refractivity contribution < 1.29 is 0 Å². The number of nitrogens with one attached hydrogen (secondary N) is 1. The van der Waals surface area contributed by atoms with Gasteiger partial charge in [-0.05, 0) is 25.3 Å². The summed E-state index contributed by atoms with van der Waals surface area (Å²) in [6.07, 6.45) is 7.25. The third-order valence-electron chi connectivity index (χ3n) is 3.58. The van der Waals surface area contributed by atoms with Gasteiger partial charge in [-0.3, -0.25) is 0 Å². The number of aromatic nitrogens is 2. The van der Waals surface area contributed by atoms with Crippen molar-refractivity contribution in [3.63, 3.8) is 0 Å². The van der Waals surface area contributed by atoms with Crippen LogP contribution < -0.4 is 5.32 Å². The number of hydrogen-bond donors (Lipinski definition) is 1. The van der Waals surface area contributed by atoms with Crippen LogP contribution in [0.4, 0.5) is 5.95 Å². The molecule has 2 aromatic rings. The molecular formula is C14H18ClN3S. The first kappa shape index (κ1) is 13.1. The number of anilines is 1. The second-order valence-electron chi connectivity index (χ2n) is 5.15. The first-order valence-electron chi connectivity index (χ1n) is 6.98. The molecule has 0 aromatic carbocycles. The average Bonchev–Trinajstić information content (AvgIpc) is 2.99. The molecule has 1 saturated carbocycles. The fraction of sp³-hybridized carbons (Fsp3) is 0.571. The highest BCUT2D eigenvalue weighted by atomic mass is 35.5. The number of hydrogen-bond acceptors (Lipinski definition) is 4. The van der Waals surface area contributed by atoms with Crippen molar-refractivity contribution in [2.24, 2.45) is 0 Å². The van der Waals surface area contributed by atoms with Crippen molar-refractivity contribution in [1.82, 2.24) is 9.97 Å². The lowest BCUT2D eigenvalue weighted by Gasteiger charge is -2.11. The Hall–Kier alpha value is -0.870. The molecule has 0 spiro atoms. The van der Waals surface area contributed by atoms with E-state index >= 15 is 0 Å². The monoisotopic (exact) mass is 295 g/mol. The summed E-state index contributed by atoms with van der Waals surface area (Å²) in [5.41, 5.74) is 0. The lowest BCUT2D eigenvalue weighted by Crippen LogP contribution is -2.16. The number of rotatable bonds is 4. The van der Waals surface area contributed by atoms with E-state index in [-0.39, 0.29) is 0 Å². The summed E-state index contributed by atoms with van der Waals surface area (Å²) >= 11 is 8.01. The van der Waals surface area contributed by atoms with E-state index in [1.807, 2.05) is 0 Å². The average molecular weight is 296 g/mol. The highest BCUT2D eigenvalue weighted by Gasteiger charge is 2.17. The molecule has 1 aliphatic carbocycles. The summed E-state index contributed by atoms with van der Waals surface area (Å²) in [6.45, 7) is 2.19. The van der Waals surface area contributed by atoms with Gasteiger partial charge in [-0.25, -0.2) is 9.97 Å². The number of thiophene rings is 1. The molecule has 0 radical (unpaired) electrons. The van der Waals surface area contributed by atoms with E-state index in [2.05, 4.69) is 28.3 Å². The van der Waals surface area contributed by atoms with Gasteiger partial charge in [0, 0.05) is 16.3 Å². The highest BCUT2D eigenvalue weighted by Crippen LogP contribution is 2.31. The summed E-state index contributed by atoms with van der Waals surface area (Å²) in [5.74, 6) is 0.689. The second-order valence-corrected chi connectivity index (χ2v) is 6.62. The second kappa shape index (κ2) is 5.63. The zero-order chi connectivity index (χ0) is 13.2. The third kappa shape index (κ3) is 2.84. The minimum absolute atomic E-state index is 0.517. The quantitative estimate of drug-likeness (QED) is 0.834. The van der Waals surface area contributed by atoms with Gasteiger partial charge in [0.25, 0.3) is 0 Å². The molecule has 0 aliphatic heterocycles. The van der Waals surface area contributed by atoms with E-state index in [4.69, 9.17) is 11.6 Å². The number of aryl methyl sites for hydroxylation is 1. The van der Waals surface area contributed by atoms with E-state index < -0.39 is 0 Å². The molecule has 0 bridgehead atoms. The van der Waals surface area contributed by atoms with Crippen LogP contribution in [0.1, 0.15) is 43.9 Å². The third-order valence-corrected chi connectivity index (χ3v) is 4.96. The van der Waals surface area contributed by atoms with Crippen molar-refractivity contribution in [1.29, 1.82) is 0 Å². The maximum absolute atomic E-state index is 6.28. The van der Waals surface area contributed by atoms with Gasteiger partial charge in [-0.1, -0.05) is 37.8 Å². The zero-order valence-corrected chi connectivity index (χ0v) is 12.7. The van der Waals surface area contributed by atoms with E-state index in [0.29, 0.717) is 17.1 Å². The Morgan fingerprint density at radius 2 is 2.16 bits per heavy atom. The van der Waals surface area contributed by atoms with Crippen LogP contribution in [-0.2, 0) is 6.42 Å². The van der Waals surface area contributed by atoms with Gasteiger partial charge in [0.15, 0.2) is 0 Å². The van der Waals surface area contributed by atoms with Gasteiger partial charge in [-0.15, -0.1) is 11.3 Å². The maximum atomic E-state index is 6.28. The molecule has 0 atom stereocenters. The molecule has 5 heteroatoms. The Morgan fingerprint density at radius 1 is 1.37 bits per heavy atom. The molecule has 1 fully saturated rings.